The normalized spacial score (nSPS) is 21.1. The van der Waals surface area contributed by atoms with Crippen LogP contribution >= 0.6 is 0 Å². The number of esters is 1. The van der Waals surface area contributed by atoms with Gasteiger partial charge in [0.25, 0.3) is 0 Å². The Labute approximate surface area is 181 Å². The molecule has 1 aromatic rings. The van der Waals surface area contributed by atoms with Crippen molar-refractivity contribution in [3.8, 4) is 5.75 Å². The van der Waals surface area contributed by atoms with Gasteiger partial charge in [0.1, 0.15) is 11.8 Å². The number of ether oxygens (including phenoxy) is 3. The van der Waals surface area contributed by atoms with E-state index in [1.807, 2.05) is 11.0 Å². The molecule has 2 heterocycles. The van der Waals surface area contributed by atoms with Gasteiger partial charge in [-0.1, -0.05) is 18.2 Å². The van der Waals surface area contributed by atoms with Gasteiger partial charge < -0.3 is 24.0 Å². The molecule has 2 aliphatic rings. The van der Waals surface area contributed by atoms with Crippen molar-refractivity contribution in [1.29, 1.82) is 0 Å². The molecule has 0 aliphatic carbocycles. The van der Waals surface area contributed by atoms with Gasteiger partial charge in [-0.05, 0) is 19.9 Å². The van der Waals surface area contributed by atoms with Gasteiger partial charge in [-0.25, -0.2) is 9.79 Å². The molecule has 3 rings (SSSR count). The molecule has 2 atom stereocenters. The van der Waals surface area contributed by atoms with E-state index in [0.717, 1.165) is 0 Å². The van der Waals surface area contributed by atoms with Crippen LogP contribution < -0.4 is 10.1 Å². The Kier molecular flexibility index (Phi) is 7.32. The summed E-state index contributed by atoms with van der Waals surface area (Å²) in [6.45, 7) is 5.75. The molecule has 1 saturated heterocycles. The lowest BCUT2D eigenvalue weighted by molar-refractivity contribution is -0.153. The first-order valence-corrected chi connectivity index (χ1v) is 10.3. The second-order valence-corrected chi connectivity index (χ2v) is 7.03. The summed E-state index contributed by atoms with van der Waals surface area (Å²) in [5.41, 5.74) is 0.626. The van der Waals surface area contributed by atoms with E-state index in [2.05, 4.69) is 5.32 Å². The highest BCUT2D eigenvalue weighted by Gasteiger charge is 2.43. The van der Waals surface area contributed by atoms with Crippen LogP contribution in [0.25, 0.3) is 0 Å². The summed E-state index contributed by atoms with van der Waals surface area (Å²) in [6.07, 6.45) is -0.356. The summed E-state index contributed by atoms with van der Waals surface area (Å²) < 4.78 is 15.6. The van der Waals surface area contributed by atoms with Gasteiger partial charge in [-0.15, -0.1) is 0 Å². The number of benzene rings is 1. The van der Waals surface area contributed by atoms with Crippen molar-refractivity contribution in [1.82, 2.24) is 15.1 Å². The second kappa shape index (κ2) is 10.1. The Morgan fingerprint density at radius 3 is 2.42 bits per heavy atom. The molecule has 0 spiro atoms. The number of hydrogen-bond acceptors (Lipinski definition) is 8. The van der Waals surface area contributed by atoms with Crippen molar-refractivity contribution in [2.24, 2.45) is 10.9 Å². The lowest BCUT2D eigenvalue weighted by Crippen LogP contribution is -2.58. The quantitative estimate of drug-likeness (QED) is 0.549. The summed E-state index contributed by atoms with van der Waals surface area (Å²) in [6, 6.07) is 6.37. The fourth-order valence-electron chi connectivity index (χ4n) is 3.67. The third-order valence-corrected chi connectivity index (χ3v) is 5.20. The third kappa shape index (κ3) is 4.89. The van der Waals surface area contributed by atoms with E-state index >= 15 is 0 Å². The molecule has 10 nitrogen and oxygen atoms in total. The van der Waals surface area contributed by atoms with Gasteiger partial charge >= 0.3 is 12.1 Å². The number of carbonyl (C=O) groups is 3. The monoisotopic (exact) mass is 432 g/mol. The minimum Gasteiger partial charge on any atom is -0.496 e. The fraction of sp³-hybridized carbons (Fsp3) is 0.524. The molecule has 1 N–H and O–H groups in total. The number of nitrogens with one attached hydrogen (secondary N) is 1. The van der Waals surface area contributed by atoms with Gasteiger partial charge in [-0.3, -0.25) is 14.9 Å². The first-order chi connectivity index (χ1) is 15.0. The molecular weight excluding hydrogens is 404 g/mol. The number of guanidine groups is 1. The number of nitrogens with zero attached hydrogens (tertiary/aromatic N) is 3. The van der Waals surface area contributed by atoms with Crippen LogP contribution in [-0.4, -0.2) is 80.2 Å². The molecule has 2 unspecified atom stereocenters. The number of rotatable bonds is 5. The largest absolute Gasteiger partial charge is 0.496 e. The van der Waals surface area contributed by atoms with Crippen LogP contribution in [0.15, 0.2) is 29.3 Å². The van der Waals surface area contributed by atoms with Crippen LogP contribution in [0.5, 0.6) is 5.75 Å². The van der Waals surface area contributed by atoms with Crippen LogP contribution in [0.3, 0.4) is 0 Å². The standard InChI is InChI=1S/C21H28N4O6/c1-4-30-19(27)16-17(14-8-6-7-9-15(14)29-3)22-20(23-18(16)26)24-10-12-25(13-11-24)21(28)31-5-2/h6-9,16-17H,4-5,10-13H2,1-3H3,(H,22,23,26). The van der Waals surface area contributed by atoms with Crippen molar-refractivity contribution in [2.45, 2.75) is 19.9 Å². The van der Waals surface area contributed by atoms with Crippen LogP contribution in [0.1, 0.15) is 25.5 Å². The minimum absolute atomic E-state index is 0.160. The van der Waals surface area contributed by atoms with Crippen molar-refractivity contribution in [2.75, 3.05) is 46.5 Å². The zero-order valence-corrected chi connectivity index (χ0v) is 18.0. The fourth-order valence-corrected chi connectivity index (χ4v) is 3.67. The number of hydrogen-bond donors (Lipinski definition) is 1. The van der Waals surface area contributed by atoms with Crippen LogP contribution in [0, 0.1) is 5.92 Å². The van der Waals surface area contributed by atoms with Crippen molar-refractivity contribution in [3.05, 3.63) is 29.8 Å². The number of aliphatic imine (C=N–C) groups is 1. The predicted molar refractivity (Wildman–Crippen MR) is 112 cm³/mol. The highest BCUT2D eigenvalue weighted by atomic mass is 16.6. The maximum atomic E-state index is 13.0. The zero-order chi connectivity index (χ0) is 22.4. The van der Waals surface area contributed by atoms with E-state index in [0.29, 0.717) is 50.1 Å². The van der Waals surface area contributed by atoms with Gasteiger partial charge in [0, 0.05) is 31.7 Å². The van der Waals surface area contributed by atoms with Crippen LogP contribution in [0.4, 0.5) is 4.79 Å². The van der Waals surface area contributed by atoms with Crippen LogP contribution in [-0.2, 0) is 19.1 Å². The lowest BCUT2D eigenvalue weighted by atomic mass is 9.90. The Bertz CT molecular complexity index is 850. The molecule has 0 saturated carbocycles. The van der Waals surface area contributed by atoms with Gasteiger partial charge in [0.05, 0.1) is 20.3 Å². The number of piperazine rings is 1. The van der Waals surface area contributed by atoms with Gasteiger partial charge in [-0.2, -0.15) is 0 Å². The molecule has 1 aromatic carbocycles. The molecule has 2 amide bonds. The van der Waals surface area contributed by atoms with Gasteiger partial charge in [0.15, 0.2) is 5.92 Å². The Morgan fingerprint density at radius 2 is 1.77 bits per heavy atom. The molecule has 168 valence electrons. The summed E-state index contributed by atoms with van der Waals surface area (Å²) >= 11 is 0. The highest BCUT2D eigenvalue weighted by molar-refractivity contribution is 6.08. The smallest absolute Gasteiger partial charge is 0.409 e. The molecular formula is C21H28N4O6. The number of para-hydroxylation sites is 1. The van der Waals surface area contributed by atoms with E-state index in [-0.39, 0.29) is 12.7 Å². The Hall–Kier alpha value is -3.30. The molecule has 0 aromatic heterocycles. The SMILES string of the molecule is CCOC(=O)C1C(=O)NC(N2CCN(C(=O)OCC)CC2)=NC1c1ccccc1OC. The summed E-state index contributed by atoms with van der Waals surface area (Å²) in [4.78, 5) is 45.7. The third-order valence-electron chi connectivity index (χ3n) is 5.20. The van der Waals surface area contributed by atoms with E-state index < -0.39 is 23.8 Å². The first kappa shape index (κ1) is 22.4. The second-order valence-electron chi connectivity index (χ2n) is 7.03. The van der Waals surface area contributed by atoms with E-state index in [1.54, 1.807) is 36.9 Å². The van der Waals surface area contributed by atoms with E-state index in [9.17, 15) is 14.4 Å². The topological polar surface area (TPSA) is 110 Å². The van der Waals surface area contributed by atoms with E-state index in [4.69, 9.17) is 19.2 Å². The maximum Gasteiger partial charge on any atom is 0.409 e. The molecule has 0 radical (unpaired) electrons. The number of amides is 2. The van der Waals surface area contributed by atoms with Gasteiger partial charge in [0.2, 0.25) is 11.9 Å². The molecule has 0 bridgehead atoms. The zero-order valence-electron chi connectivity index (χ0n) is 18.0. The van der Waals surface area contributed by atoms with Crippen LogP contribution in [0.2, 0.25) is 0 Å². The lowest BCUT2D eigenvalue weighted by Gasteiger charge is -2.38. The Balaban J connectivity index is 1.88. The predicted octanol–water partition coefficient (Wildman–Crippen LogP) is 1.18. The molecule has 2 aliphatic heterocycles. The average Bonchev–Trinajstić information content (AvgIpc) is 2.78. The summed E-state index contributed by atoms with van der Waals surface area (Å²) in [5.74, 6) is -1.34. The summed E-state index contributed by atoms with van der Waals surface area (Å²) in [7, 11) is 1.53. The van der Waals surface area contributed by atoms with Crippen molar-refractivity contribution >= 4 is 23.9 Å². The Morgan fingerprint density at radius 1 is 1.10 bits per heavy atom. The first-order valence-electron chi connectivity index (χ1n) is 10.3. The van der Waals surface area contributed by atoms with Crippen molar-refractivity contribution in [3.63, 3.8) is 0 Å². The number of carbonyl (C=O) groups excluding carboxylic acids is 3. The number of methoxy groups -OCH3 is 1. The van der Waals surface area contributed by atoms with Crippen molar-refractivity contribution < 1.29 is 28.6 Å². The summed E-state index contributed by atoms with van der Waals surface area (Å²) in [5, 5.41) is 2.74. The molecule has 1 fully saturated rings. The average molecular weight is 432 g/mol. The maximum absolute atomic E-state index is 13.0. The highest BCUT2D eigenvalue weighted by Crippen LogP contribution is 2.36. The molecule has 10 heteroatoms. The molecule has 31 heavy (non-hydrogen) atoms. The minimum atomic E-state index is -1.12. The van der Waals surface area contributed by atoms with E-state index in [1.165, 1.54) is 7.11 Å².